The molecule has 1 aliphatic rings. The van der Waals surface area contributed by atoms with Gasteiger partial charge in [-0.15, -0.1) is 23.1 Å². The summed E-state index contributed by atoms with van der Waals surface area (Å²) in [6, 6.07) is 19.9. The van der Waals surface area contributed by atoms with Gasteiger partial charge in [-0.2, -0.15) is 5.26 Å². The molecule has 0 atom stereocenters. The van der Waals surface area contributed by atoms with Crippen LogP contribution < -0.4 is 14.8 Å². The number of β-amino-alcohol motifs (C(OH)–C–C–N with tert-alkyl or cyclic N) is 1. The van der Waals surface area contributed by atoms with Gasteiger partial charge < -0.3 is 24.8 Å². The molecule has 2 N–H and O–H groups in total. The summed E-state index contributed by atoms with van der Waals surface area (Å²) in [5.41, 5.74) is 3.97. The van der Waals surface area contributed by atoms with E-state index in [1.54, 1.807) is 36.4 Å². The van der Waals surface area contributed by atoms with Gasteiger partial charge in [0.05, 0.1) is 40.7 Å². The Balaban J connectivity index is 1.26. The lowest BCUT2D eigenvalue weighted by molar-refractivity contribution is 0.108. The topological polar surface area (TPSA) is 107 Å². The number of rotatable bonds is 13. The Kier molecular flexibility index (Phi) is 10.9. The molecule has 1 saturated heterocycles. The second kappa shape index (κ2) is 15.2. The Morgan fingerprint density at radius 2 is 1.81 bits per heavy atom. The van der Waals surface area contributed by atoms with Crippen LogP contribution in [0.15, 0.2) is 65.0 Å². The molecule has 1 fully saturated rings. The summed E-state index contributed by atoms with van der Waals surface area (Å²) in [4.78, 5) is 15.0. The maximum Gasteiger partial charge on any atom is 0.227 e. The SMILES string of the molecule is COc1cccc(-c2c(-c3ccnc(Nc4cccc(OCCCN5CCN(CCO)CC5)c4)n3)sc(SC)c2C#N)c1. The molecule has 3 heterocycles. The van der Waals surface area contributed by atoms with Crippen molar-refractivity contribution in [1.82, 2.24) is 19.8 Å². The molecule has 0 amide bonds. The van der Waals surface area contributed by atoms with Gasteiger partial charge in [-0.1, -0.05) is 18.2 Å². The minimum absolute atomic E-state index is 0.224. The molecule has 0 unspecified atom stereocenters. The summed E-state index contributed by atoms with van der Waals surface area (Å²) in [5.74, 6) is 1.98. The molecule has 4 aromatic rings. The van der Waals surface area contributed by atoms with Crippen molar-refractivity contribution in [2.45, 2.75) is 10.6 Å². The summed E-state index contributed by atoms with van der Waals surface area (Å²) in [7, 11) is 1.64. The van der Waals surface area contributed by atoms with E-state index in [1.807, 2.05) is 60.9 Å². The van der Waals surface area contributed by atoms with Crippen LogP contribution in [0.3, 0.4) is 0 Å². The number of nitrogens with zero attached hydrogens (tertiary/aromatic N) is 5. The number of aliphatic hydroxyl groups excluding tert-OH is 1. The molecule has 0 spiro atoms. The van der Waals surface area contributed by atoms with Gasteiger partial charge in [0, 0.05) is 62.8 Å². The van der Waals surface area contributed by atoms with Crippen LogP contribution >= 0.6 is 23.1 Å². The van der Waals surface area contributed by atoms with Crippen LogP contribution in [0.5, 0.6) is 11.5 Å². The number of thiophene rings is 1. The predicted molar refractivity (Wildman–Crippen MR) is 174 cm³/mol. The normalized spacial score (nSPS) is 13.9. The van der Waals surface area contributed by atoms with Gasteiger partial charge in [-0.25, -0.2) is 9.97 Å². The first-order valence-corrected chi connectivity index (χ1v) is 16.3. The first kappa shape index (κ1) is 30.8. The van der Waals surface area contributed by atoms with Crippen LogP contribution in [-0.4, -0.2) is 90.7 Å². The molecule has 224 valence electrons. The van der Waals surface area contributed by atoms with Crippen molar-refractivity contribution in [3.05, 3.63) is 66.4 Å². The molecule has 2 aromatic heterocycles. The van der Waals surface area contributed by atoms with Gasteiger partial charge in [0.25, 0.3) is 0 Å². The van der Waals surface area contributed by atoms with Gasteiger partial charge in [0.1, 0.15) is 17.6 Å². The lowest BCUT2D eigenvalue weighted by Gasteiger charge is -2.34. The Morgan fingerprint density at radius 1 is 1.05 bits per heavy atom. The van der Waals surface area contributed by atoms with Crippen molar-refractivity contribution in [3.8, 4) is 39.3 Å². The van der Waals surface area contributed by atoms with E-state index >= 15 is 0 Å². The third-order valence-electron chi connectivity index (χ3n) is 7.28. The van der Waals surface area contributed by atoms with Crippen LogP contribution in [0.1, 0.15) is 12.0 Å². The van der Waals surface area contributed by atoms with Crippen molar-refractivity contribution in [2.24, 2.45) is 0 Å². The molecule has 11 heteroatoms. The van der Waals surface area contributed by atoms with E-state index in [-0.39, 0.29) is 6.61 Å². The highest BCUT2D eigenvalue weighted by Gasteiger charge is 2.22. The minimum atomic E-state index is 0.224. The predicted octanol–water partition coefficient (Wildman–Crippen LogP) is 5.60. The molecule has 0 bridgehead atoms. The fraction of sp³-hybridized carbons (Fsp3) is 0.344. The maximum absolute atomic E-state index is 10.1. The van der Waals surface area contributed by atoms with E-state index < -0.39 is 0 Å². The number of nitriles is 1. The molecule has 43 heavy (non-hydrogen) atoms. The number of aliphatic hydroxyl groups is 1. The average molecular weight is 617 g/mol. The zero-order valence-corrected chi connectivity index (χ0v) is 26.1. The van der Waals surface area contributed by atoms with E-state index in [0.717, 1.165) is 88.8 Å². The van der Waals surface area contributed by atoms with E-state index in [2.05, 4.69) is 26.2 Å². The van der Waals surface area contributed by atoms with Gasteiger partial charge in [-0.05, 0) is 48.6 Å². The van der Waals surface area contributed by atoms with E-state index in [9.17, 15) is 5.26 Å². The second-order valence-corrected chi connectivity index (χ2v) is 12.1. The van der Waals surface area contributed by atoms with Crippen LogP contribution in [0.25, 0.3) is 21.7 Å². The lowest BCUT2D eigenvalue weighted by atomic mass is 10.0. The number of nitrogens with one attached hydrogen (secondary N) is 1. The minimum Gasteiger partial charge on any atom is -0.497 e. The Morgan fingerprint density at radius 3 is 2.56 bits per heavy atom. The molecule has 0 saturated carbocycles. The number of thioether (sulfide) groups is 1. The van der Waals surface area contributed by atoms with Gasteiger partial charge >= 0.3 is 0 Å². The fourth-order valence-electron chi connectivity index (χ4n) is 5.08. The number of methoxy groups -OCH3 is 1. The largest absolute Gasteiger partial charge is 0.497 e. The standard InChI is InChI=1S/C32H36N6O3S2/c1-40-25-8-3-6-23(20-25)29-27(22-33)31(42-2)43-30(29)28-10-11-34-32(36-28)35-24-7-4-9-26(21-24)41-19-5-12-37-13-15-38(16-14-37)17-18-39/h3-4,6-11,20-21,39H,5,12-19H2,1-2H3,(H,34,35,36). The zero-order chi connectivity index (χ0) is 30.0. The summed E-state index contributed by atoms with van der Waals surface area (Å²) in [5, 5.41) is 22.5. The summed E-state index contributed by atoms with van der Waals surface area (Å²) < 4.78 is 12.5. The van der Waals surface area contributed by atoms with Crippen molar-refractivity contribution >= 4 is 34.7 Å². The summed E-state index contributed by atoms with van der Waals surface area (Å²) in [6.45, 7) is 6.69. The molecule has 5 rings (SSSR count). The molecular formula is C32H36N6O3S2. The average Bonchev–Trinajstić information content (AvgIpc) is 3.43. The number of piperazine rings is 1. The number of anilines is 2. The molecule has 9 nitrogen and oxygen atoms in total. The number of hydrogen-bond acceptors (Lipinski definition) is 11. The van der Waals surface area contributed by atoms with E-state index in [0.29, 0.717) is 18.1 Å². The second-order valence-electron chi connectivity index (χ2n) is 10.0. The maximum atomic E-state index is 10.1. The first-order valence-electron chi connectivity index (χ1n) is 14.3. The molecule has 0 radical (unpaired) electrons. The highest BCUT2D eigenvalue weighted by Crippen LogP contribution is 2.46. The highest BCUT2D eigenvalue weighted by molar-refractivity contribution is 8.00. The Hall–Kier alpha value is -3.66. The van der Waals surface area contributed by atoms with E-state index in [4.69, 9.17) is 19.6 Å². The zero-order valence-electron chi connectivity index (χ0n) is 24.5. The number of benzene rings is 2. The van der Waals surface area contributed by atoms with Crippen molar-refractivity contribution in [2.75, 3.05) is 71.2 Å². The van der Waals surface area contributed by atoms with Gasteiger partial charge in [0.2, 0.25) is 5.95 Å². The first-order chi connectivity index (χ1) is 21.1. The quantitative estimate of drug-likeness (QED) is 0.146. The Labute approximate surface area is 261 Å². The van der Waals surface area contributed by atoms with Crippen molar-refractivity contribution in [3.63, 3.8) is 0 Å². The molecule has 1 aliphatic heterocycles. The van der Waals surface area contributed by atoms with Crippen LogP contribution in [-0.2, 0) is 0 Å². The van der Waals surface area contributed by atoms with Gasteiger partial charge in [0.15, 0.2) is 0 Å². The van der Waals surface area contributed by atoms with Crippen molar-refractivity contribution in [1.29, 1.82) is 5.26 Å². The monoisotopic (exact) mass is 616 g/mol. The van der Waals surface area contributed by atoms with Crippen molar-refractivity contribution < 1.29 is 14.6 Å². The highest BCUT2D eigenvalue weighted by atomic mass is 32.2. The molecule has 2 aromatic carbocycles. The third-order valence-corrected chi connectivity index (χ3v) is 9.61. The van der Waals surface area contributed by atoms with Crippen LogP contribution in [0.4, 0.5) is 11.6 Å². The number of hydrogen-bond donors (Lipinski definition) is 2. The van der Waals surface area contributed by atoms with Gasteiger partial charge in [-0.3, -0.25) is 4.90 Å². The fourth-order valence-corrected chi connectivity index (χ4v) is 6.99. The molecule has 0 aliphatic carbocycles. The van der Waals surface area contributed by atoms with Crippen LogP contribution in [0, 0.1) is 11.3 Å². The van der Waals surface area contributed by atoms with E-state index in [1.165, 1.54) is 0 Å². The number of ether oxygens (including phenoxy) is 2. The number of aromatic nitrogens is 2. The third kappa shape index (κ3) is 7.84. The lowest BCUT2D eigenvalue weighted by Crippen LogP contribution is -2.47. The molecular weight excluding hydrogens is 581 g/mol. The smallest absolute Gasteiger partial charge is 0.227 e. The van der Waals surface area contributed by atoms with Crippen LogP contribution in [0.2, 0.25) is 0 Å². The Bertz CT molecular complexity index is 1550. The summed E-state index contributed by atoms with van der Waals surface area (Å²) >= 11 is 3.12. The summed E-state index contributed by atoms with van der Waals surface area (Å²) in [6.07, 6.45) is 4.66.